The largest absolute Gasteiger partial charge is 0.381 e. The summed E-state index contributed by atoms with van der Waals surface area (Å²) in [6, 6.07) is -0.793. The smallest absolute Gasteiger partial charge is 0.331 e. The molecule has 2 heterocycles. The number of nitrogens with one attached hydrogen (secondary N) is 1. The number of rotatable bonds is 2. The fraction of sp³-hybridized carbons (Fsp3) is 0.750. The second-order valence-electron chi connectivity index (χ2n) is 4.91. The summed E-state index contributed by atoms with van der Waals surface area (Å²) in [5.74, 6) is -1.46. The van der Waals surface area contributed by atoms with Crippen molar-refractivity contribution in [1.82, 2.24) is 10.2 Å². The molecule has 2 saturated heterocycles. The minimum Gasteiger partial charge on any atom is -0.381 e. The van der Waals surface area contributed by atoms with E-state index < -0.39 is 23.8 Å². The second kappa shape index (κ2) is 5.06. The number of hydrogen-bond acceptors (Lipinski definition) is 4. The Kier molecular flexibility index (Phi) is 3.65. The van der Waals surface area contributed by atoms with Crippen LogP contribution in [0.3, 0.4) is 0 Å². The lowest BCUT2D eigenvalue weighted by Gasteiger charge is -2.38. The summed E-state index contributed by atoms with van der Waals surface area (Å²) in [5.41, 5.74) is 0. The molecular weight excluding hydrogens is 236 g/mol. The normalized spacial score (nSPS) is 28.2. The Morgan fingerprint density at radius 3 is 2.50 bits per heavy atom. The quantitative estimate of drug-likeness (QED) is 0.729. The molecule has 0 radical (unpaired) electrons. The lowest BCUT2D eigenvalue weighted by molar-refractivity contribution is -0.144. The Hall–Kier alpha value is -1.43. The van der Waals surface area contributed by atoms with E-state index in [4.69, 9.17) is 4.74 Å². The van der Waals surface area contributed by atoms with E-state index >= 15 is 0 Å². The lowest BCUT2D eigenvalue weighted by Crippen LogP contribution is -2.61. The Balaban J connectivity index is 2.12. The molecule has 6 nitrogen and oxygen atoms in total. The van der Waals surface area contributed by atoms with Crippen molar-refractivity contribution in [3.8, 4) is 0 Å². The van der Waals surface area contributed by atoms with Gasteiger partial charge in [-0.15, -0.1) is 0 Å². The molecule has 6 heteroatoms. The number of carbonyl (C=O) groups is 3. The van der Waals surface area contributed by atoms with E-state index in [0.29, 0.717) is 13.2 Å². The van der Waals surface area contributed by atoms with Gasteiger partial charge in [0.25, 0.3) is 0 Å². The standard InChI is InChI=1S/C12H18N2O4/c1-7-10(15)13-12(17)14(11(7)16)8(2)9-3-5-18-6-4-9/h7-9H,3-6H2,1-2H3,(H,13,15,17). The van der Waals surface area contributed by atoms with Crippen molar-refractivity contribution >= 4 is 17.8 Å². The van der Waals surface area contributed by atoms with Gasteiger partial charge in [0.05, 0.1) is 0 Å². The third-order valence-corrected chi connectivity index (χ3v) is 3.81. The molecule has 2 atom stereocenters. The minimum atomic E-state index is -0.787. The molecule has 18 heavy (non-hydrogen) atoms. The zero-order chi connectivity index (χ0) is 13.3. The van der Waals surface area contributed by atoms with Crippen molar-refractivity contribution in [3.05, 3.63) is 0 Å². The van der Waals surface area contributed by atoms with Gasteiger partial charge in [0.15, 0.2) is 0 Å². The van der Waals surface area contributed by atoms with Gasteiger partial charge in [-0.05, 0) is 32.6 Å². The number of hydrogen-bond donors (Lipinski definition) is 1. The Bertz CT molecular complexity index is 376. The van der Waals surface area contributed by atoms with Crippen LogP contribution in [-0.2, 0) is 14.3 Å². The maximum Gasteiger partial charge on any atom is 0.331 e. The molecule has 0 aliphatic carbocycles. The van der Waals surface area contributed by atoms with Crippen molar-refractivity contribution in [2.45, 2.75) is 32.7 Å². The zero-order valence-electron chi connectivity index (χ0n) is 10.6. The van der Waals surface area contributed by atoms with E-state index in [2.05, 4.69) is 5.32 Å². The van der Waals surface area contributed by atoms with E-state index in [1.54, 1.807) is 0 Å². The molecule has 100 valence electrons. The van der Waals surface area contributed by atoms with E-state index in [-0.39, 0.29) is 12.0 Å². The van der Waals surface area contributed by atoms with Gasteiger partial charge in [-0.25, -0.2) is 4.79 Å². The summed E-state index contributed by atoms with van der Waals surface area (Å²) in [7, 11) is 0. The van der Waals surface area contributed by atoms with Crippen LogP contribution in [0, 0.1) is 11.8 Å². The van der Waals surface area contributed by atoms with Gasteiger partial charge in [0.2, 0.25) is 11.8 Å². The first-order valence-corrected chi connectivity index (χ1v) is 6.28. The highest BCUT2D eigenvalue weighted by atomic mass is 16.5. The number of carbonyl (C=O) groups excluding carboxylic acids is 3. The Morgan fingerprint density at radius 1 is 1.28 bits per heavy atom. The molecule has 2 rings (SSSR count). The van der Waals surface area contributed by atoms with Crippen molar-refractivity contribution in [2.75, 3.05) is 13.2 Å². The van der Waals surface area contributed by atoms with E-state index in [1.165, 1.54) is 11.8 Å². The van der Waals surface area contributed by atoms with Gasteiger partial charge < -0.3 is 4.74 Å². The third-order valence-electron chi connectivity index (χ3n) is 3.81. The van der Waals surface area contributed by atoms with Crippen LogP contribution in [0.25, 0.3) is 0 Å². The number of imide groups is 2. The molecule has 0 aromatic carbocycles. The van der Waals surface area contributed by atoms with Crippen molar-refractivity contribution in [2.24, 2.45) is 11.8 Å². The zero-order valence-corrected chi connectivity index (χ0v) is 10.6. The van der Waals surface area contributed by atoms with Crippen LogP contribution in [0.15, 0.2) is 0 Å². The fourth-order valence-electron chi connectivity index (χ4n) is 2.49. The average Bonchev–Trinajstić information content (AvgIpc) is 2.37. The first-order chi connectivity index (χ1) is 8.52. The number of ether oxygens (including phenoxy) is 1. The number of barbiturate groups is 1. The molecule has 0 aromatic heterocycles. The van der Waals surface area contributed by atoms with Gasteiger partial charge in [-0.2, -0.15) is 0 Å². The first kappa shape index (κ1) is 13.0. The van der Waals surface area contributed by atoms with Gasteiger partial charge in [0, 0.05) is 19.3 Å². The third kappa shape index (κ3) is 2.25. The summed E-state index contributed by atoms with van der Waals surface area (Å²) in [4.78, 5) is 36.4. The SMILES string of the molecule is CC1C(=O)NC(=O)N(C(C)C2CCOCC2)C1=O. The number of urea groups is 1. The highest BCUT2D eigenvalue weighted by Crippen LogP contribution is 2.25. The highest BCUT2D eigenvalue weighted by Gasteiger charge is 2.42. The van der Waals surface area contributed by atoms with E-state index in [1.807, 2.05) is 6.92 Å². The maximum absolute atomic E-state index is 12.0. The molecule has 0 spiro atoms. The monoisotopic (exact) mass is 254 g/mol. The van der Waals surface area contributed by atoms with Crippen LogP contribution in [-0.4, -0.2) is 42.0 Å². The summed E-state index contributed by atoms with van der Waals surface area (Å²) in [6.45, 7) is 4.70. The minimum absolute atomic E-state index is 0.197. The molecule has 2 fully saturated rings. The van der Waals surface area contributed by atoms with Crippen LogP contribution in [0.2, 0.25) is 0 Å². The van der Waals surface area contributed by atoms with Crippen LogP contribution < -0.4 is 5.32 Å². The summed E-state index contributed by atoms with van der Waals surface area (Å²) in [6.07, 6.45) is 1.67. The lowest BCUT2D eigenvalue weighted by atomic mass is 9.90. The molecule has 0 saturated carbocycles. The predicted octanol–water partition coefficient (Wildman–Crippen LogP) is 0.516. The summed E-state index contributed by atoms with van der Waals surface area (Å²) in [5, 5.41) is 2.23. The maximum atomic E-state index is 12.0. The van der Waals surface area contributed by atoms with Crippen LogP contribution >= 0.6 is 0 Å². The molecule has 4 amide bonds. The van der Waals surface area contributed by atoms with Gasteiger partial charge in [-0.3, -0.25) is 19.8 Å². The van der Waals surface area contributed by atoms with Crippen molar-refractivity contribution < 1.29 is 19.1 Å². The molecular formula is C12H18N2O4. The molecule has 2 aliphatic heterocycles. The molecule has 0 bridgehead atoms. The van der Waals surface area contributed by atoms with Crippen molar-refractivity contribution in [1.29, 1.82) is 0 Å². The van der Waals surface area contributed by atoms with Gasteiger partial charge in [-0.1, -0.05) is 0 Å². The Morgan fingerprint density at radius 2 is 1.89 bits per heavy atom. The van der Waals surface area contributed by atoms with Gasteiger partial charge >= 0.3 is 6.03 Å². The first-order valence-electron chi connectivity index (χ1n) is 6.28. The number of nitrogens with zero attached hydrogens (tertiary/aromatic N) is 1. The van der Waals surface area contributed by atoms with Crippen LogP contribution in [0.1, 0.15) is 26.7 Å². The second-order valence-corrected chi connectivity index (χ2v) is 4.91. The molecule has 2 aliphatic rings. The van der Waals surface area contributed by atoms with Gasteiger partial charge in [0.1, 0.15) is 5.92 Å². The molecule has 2 unspecified atom stereocenters. The topological polar surface area (TPSA) is 75.7 Å². The fourth-order valence-corrected chi connectivity index (χ4v) is 2.49. The average molecular weight is 254 g/mol. The highest BCUT2D eigenvalue weighted by molar-refractivity contribution is 6.16. The Labute approximate surface area is 106 Å². The van der Waals surface area contributed by atoms with Crippen LogP contribution in [0.5, 0.6) is 0 Å². The van der Waals surface area contributed by atoms with E-state index in [0.717, 1.165) is 12.8 Å². The summed E-state index contributed by atoms with van der Waals surface area (Å²) >= 11 is 0. The molecule has 0 aromatic rings. The van der Waals surface area contributed by atoms with Crippen molar-refractivity contribution in [3.63, 3.8) is 0 Å². The van der Waals surface area contributed by atoms with Crippen LogP contribution in [0.4, 0.5) is 4.79 Å². The predicted molar refractivity (Wildman–Crippen MR) is 62.6 cm³/mol. The number of amides is 4. The summed E-state index contributed by atoms with van der Waals surface area (Å²) < 4.78 is 5.27. The molecule has 1 N–H and O–H groups in total. The van der Waals surface area contributed by atoms with E-state index in [9.17, 15) is 14.4 Å².